The highest BCUT2D eigenvalue weighted by Crippen LogP contribution is 2.34. The number of fused-ring (bicyclic) bond motifs is 1. The maximum Gasteiger partial charge on any atom is 0.246 e. The number of ether oxygens (including phenoxy) is 1. The first-order valence-electron chi connectivity index (χ1n) is 12.6. The predicted octanol–water partition coefficient (Wildman–Crippen LogP) is 2.92. The Labute approximate surface area is 218 Å². The van der Waals surface area contributed by atoms with Crippen LogP contribution >= 0.6 is 0 Å². The number of nitrogens with one attached hydrogen (secondary N) is 1. The van der Waals surface area contributed by atoms with E-state index in [1.165, 1.54) is 12.5 Å². The molecule has 2 heterocycles. The Kier molecular flexibility index (Phi) is 8.45. The summed E-state index contributed by atoms with van der Waals surface area (Å²) in [5.41, 5.74) is 2.61. The molecule has 0 atom stereocenters. The molecular weight excluding hydrogens is 468 g/mol. The number of hydrogen-bond acceptors (Lipinski definition) is 7. The minimum absolute atomic E-state index is 0.0720. The van der Waals surface area contributed by atoms with Crippen LogP contribution in [-0.4, -0.2) is 104 Å². The summed E-state index contributed by atoms with van der Waals surface area (Å²) in [6, 6.07) is 11.6. The molecule has 2 aliphatic heterocycles. The Morgan fingerprint density at radius 2 is 1.89 bits per heavy atom. The highest BCUT2D eigenvalue weighted by atomic mass is 16.5. The van der Waals surface area contributed by atoms with Crippen LogP contribution in [0.1, 0.15) is 6.42 Å². The molecular formula is C28H36N6O3. The Morgan fingerprint density at radius 1 is 1.16 bits per heavy atom. The molecule has 0 unspecified atom stereocenters. The Balaban J connectivity index is 1.58. The summed E-state index contributed by atoms with van der Waals surface area (Å²) in [5, 5.41) is 21.4. The van der Waals surface area contributed by atoms with Crippen molar-refractivity contribution in [1.29, 1.82) is 5.41 Å². The van der Waals surface area contributed by atoms with Gasteiger partial charge in [-0.3, -0.25) is 10.2 Å². The number of amides is 1. The Bertz CT molecular complexity index is 1210. The number of phenolic OH excluding ortho intramolecular Hbond substituents is 1. The number of carbonyl (C=O) groups excluding carboxylic acids is 1. The van der Waals surface area contributed by atoms with Gasteiger partial charge < -0.3 is 29.4 Å². The third-order valence-electron chi connectivity index (χ3n) is 6.79. The van der Waals surface area contributed by atoms with E-state index >= 15 is 0 Å². The standard InChI is InChI=1S/C28H36N6O3/c1-4-27(36)32-11-13-33(14-12-32)28(29)24-9-10-34(19-25(24)30-20-37-16-15-31(2)3)26-18-22(35)17-21-7-5-6-8-23(21)26/h4-8,17-18,20,29,35H,1,9-16,19H2,2-3H3/b29-28?,30-20+. The van der Waals surface area contributed by atoms with Gasteiger partial charge in [0.1, 0.15) is 18.2 Å². The lowest BCUT2D eigenvalue weighted by atomic mass is 10.0. The molecule has 2 aliphatic rings. The second-order valence-electron chi connectivity index (χ2n) is 9.56. The van der Waals surface area contributed by atoms with Gasteiger partial charge in [0.25, 0.3) is 0 Å². The van der Waals surface area contributed by atoms with E-state index < -0.39 is 0 Å². The minimum Gasteiger partial charge on any atom is -0.508 e. The highest BCUT2D eigenvalue weighted by Gasteiger charge is 2.28. The molecule has 2 aromatic carbocycles. The average molecular weight is 505 g/mol. The lowest BCUT2D eigenvalue weighted by Gasteiger charge is -2.38. The van der Waals surface area contributed by atoms with Gasteiger partial charge in [0.2, 0.25) is 5.91 Å². The number of phenols is 1. The van der Waals surface area contributed by atoms with Crippen molar-refractivity contribution in [2.75, 3.05) is 71.4 Å². The number of carbonyl (C=O) groups is 1. The molecule has 9 heteroatoms. The van der Waals surface area contributed by atoms with Gasteiger partial charge in [-0.15, -0.1) is 0 Å². The number of piperazine rings is 1. The van der Waals surface area contributed by atoms with Gasteiger partial charge in [0.05, 0.1) is 12.2 Å². The Hall–Kier alpha value is -3.85. The molecule has 0 aliphatic carbocycles. The fourth-order valence-electron chi connectivity index (χ4n) is 4.72. The summed E-state index contributed by atoms with van der Waals surface area (Å²) < 4.78 is 5.64. The van der Waals surface area contributed by atoms with Crippen LogP contribution in [0.15, 0.2) is 65.3 Å². The molecule has 9 nitrogen and oxygen atoms in total. The van der Waals surface area contributed by atoms with Gasteiger partial charge >= 0.3 is 0 Å². The third kappa shape index (κ3) is 6.29. The van der Waals surface area contributed by atoms with E-state index in [-0.39, 0.29) is 11.7 Å². The van der Waals surface area contributed by atoms with E-state index in [0.717, 1.165) is 34.3 Å². The SMILES string of the molecule is C=CC(=O)N1CCN(C(=N)C2=C(/N=C/OCCN(C)C)CN(c3cc(O)cc4ccccc34)CC2)CC1. The lowest BCUT2D eigenvalue weighted by molar-refractivity contribution is -0.127. The Morgan fingerprint density at radius 3 is 2.62 bits per heavy atom. The van der Waals surface area contributed by atoms with Crippen LogP contribution in [0.4, 0.5) is 5.69 Å². The zero-order valence-electron chi connectivity index (χ0n) is 21.7. The van der Waals surface area contributed by atoms with Crippen molar-refractivity contribution < 1.29 is 14.6 Å². The number of aromatic hydroxyl groups is 1. The van der Waals surface area contributed by atoms with Crippen LogP contribution in [0.5, 0.6) is 5.75 Å². The summed E-state index contributed by atoms with van der Waals surface area (Å²) >= 11 is 0. The van der Waals surface area contributed by atoms with Crippen LogP contribution in [0.2, 0.25) is 0 Å². The molecule has 37 heavy (non-hydrogen) atoms. The minimum atomic E-state index is -0.0720. The summed E-state index contributed by atoms with van der Waals surface area (Å²) in [7, 11) is 3.98. The molecule has 1 amide bonds. The number of aliphatic imine (C=N–C) groups is 1. The highest BCUT2D eigenvalue weighted by molar-refractivity contribution is 5.99. The number of likely N-dealkylation sites (N-methyl/N-ethyl adjacent to an activating group) is 1. The third-order valence-corrected chi connectivity index (χ3v) is 6.79. The van der Waals surface area contributed by atoms with Gasteiger partial charge in [-0.05, 0) is 38.0 Å². The van der Waals surface area contributed by atoms with Crippen LogP contribution in [0.25, 0.3) is 10.8 Å². The summed E-state index contributed by atoms with van der Waals surface area (Å²) in [5.74, 6) is 0.601. The number of rotatable bonds is 8. The molecule has 2 aromatic rings. The van der Waals surface area contributed by atoms with Crippen molar-refractivity contribution in [2.45, 2.75) is 6.42 Å². The lowest BCUT2D eigenvalue weighted by Crippen LogP contribution is -2.51. The first-order chi connectivity index (χ1) is 17.9. The van der Waals surface area contributed by atoms with E-state index in [1.54, 1.807) is 17.0 Å². The van der Waals surface area contributed by atoms with Crippen molar-refractivity contribution in [3.63, 3.8) is 0 Å². The van der Waals surface area contributed by atoms with Crippen LogP contribution in [0.3, 0.4) is 0 Å². The van der Waals surface area contributed by atoms with E-state index in [4.69, 9.17) is 10.1 Å². The molecule has 0 spiro atoms. The van der Waals surface area contributed by atoms with E-state index in [2.05, 4.69) is 22.5 Å². The van der Waals surface area contributed by atoms with Crippen LogP contribution < -0.4 is 4.90 Å². The van der Waals surface area contributed by atoms with Gasteiger partial charge in [0, 0.05) is 62.0 Å². The van der Waals surface area contributed by atoms with Crippen molar-refractivity contribution in [3.05, 3.63) is 60.3 Å². The smallest absolute Gasteiger partial charge is 0.246 e. The van der Waals surface area contributed by atoms with E-state index in [1.807, 2.05) is 42.1 Å². The summed E-state index contributed by atoms with van der Waals surface area (Å²) in [6.07, 6.45) is 3.46. The zero-order chi connectivity index (χ0) is 26.4. The van der Waals surface area contributed by atoms with E-state index in [0.29, 0.717) is 58.1 Å². The molecule has 196 valence electrons. The van der Waals surface area contributed by atoms with Crippen LogP contribution in [-0.2, 0) is 9.53 Å². The van der Waals surface area contributed by atoms with E-state index in [9.17, 15) is 9.90 Å². The first-order valence-corrected chi connectivity index (χ1v) is 12.6. The number of benzene rings is 2. The largest absolute Gasteiger partial charge is 0.508 e. The zero-order valence-corrected chi connectivity index (χ0v) is 21.7. The fraction of sp³-hybridized carbons (Fsp3) is 0.393. The summed E-state index contributed by atoms with van der Waals surface area (Å²) in [6.45, 7) is 8.39. The van der Waals surface area contributed by atoms with Crippen LogP contribution in [0, 0.1) is 5.41 Å². The second-order valence-corrected chi connectivity index (χ2v) is 9.56. The quantitative estimate of drug-likeness (QED) is 0.248. The van der Waals surface area contributed by atoms with Crippen molar-refractivity contribution >= 4 is 34.6 Å². The molecule has 1 fully saturated rings. The molecule has 0 bridgehead atoms. The number of amidine groups is 1. The molecule has 0 saturated carbocycles. The predicted molar refractivity (Wildman–Crippen MR) is 149 cm³/mol. The number of anilines is 1. The fourth-order valence-corrected chi connectivity index (χ4v) is 4.72. The van der Waals surface area contributed by atoms with Crippen molar-refractivity contribution in [3.8, 4) is 5.75 Å². The first kappa shape index (κ1) is 26.2. The van der Waals surface area contributed by atoms with Gasteiger partial charge in [-0.25, -0.2) is 4.99 Å². The number of nitrogens with zero attached hydrogens (tertiary/aromatic N) is 5. The normalized spacial score (nSPS) is 16.7. The molecule has 1 saturated heterocycles. The number of hydrogen-bond donors (Lipinski definition) is 2. The van der Waals surface area contributed by atoms with Crippen molar-refractivity contribution in [2.24, 2.45) is 4.99 Å². The van der Waals surface area contributed by atoms with Gasteiger partial charge in [0.15, 0.2) is 6.40 Å². The topological polar surface area (TPSA) is 95.7 Å². The molecule has 0 aromatic heterocycles. The molecule has 0 radical (unpaired) electrons. The molecule has 4 rings (SSSR count). The maximum absolute atomic E-state index is 12.0. The van der Waals surface area contributed by atoms with Crippen molar-refractivity contribution in [1.82, 2.24) is 14.7 Å². The monoisotopic (exact) mass is 504 g/mol. The second kappa shape index (κ2) is 11.9. The van der Waals surface area contributed by atoms with Gasteiger partial charge in [-0.2, -0.15) is 0 Å². The average Bonchev–Trinajstić information content (AvgIpc) is 2.91. The maximum atomic E-state index is 12.0. The summed E-state index contributed by atoms with van der Waals surface area (Å²) in [4.78, 5) is 24.7. The van der Waals surface area contributed by atoms with Gasteiger partial charge in [-0.1, -0.05) is 30.8 Å². The molecule has 2 N–H and O–H groups in total.